The van der Waals surface area contributed by atoms with Crippen molar-refractivity contribution in [2.75, 3.05) is 5.32 Å². The van der Waals surface area contributed by atoms with E-state index in [1.165, 1.54) is 24.3 Å². The van der Waals surface area contributed by atoms with Crippen LogP contribution in [0.15, 0.2) is 36.4 Å². The van der Waals surface area contributed by atoms with Crippen LogP contribution < -0.4 is 5.32 Å². The van der Waals surface area contributed by atoms with Crippen LogP contribution in [0.25, 0.3) is 0 Å². The highest BCUT2D eigenvalue weighted by molar-refractivity contribution is 6.32. The van der Waals surface area contributed by atoms with Gasteiger partial charge in [-0.2, -0.15) is 0 Å². The van der Waals surface area contributed by atoms with E-state index in [4.69, 9.17) is 23.2 Å². The highest BCUT2D eigenvalue weighted by atomic mass is 35.5. The number of anilines is 1. The van der Waals surface area contributed by atoms with E-state index in [9.17, 15) is 14.5 Å². The van der Waals surface area contributed by atoms with Crippen LogP contribution >= 0.6 is 23.2 Å². The molecule has 0 amide bonds. The first-order chi connectivity index (χ1) is 9.49. The summed E-state index contributed by atoms with van der Waals surface area (Å²) in [6.45, 7) is 0.115. The van der Waals surface area contributed by atoms with Crippen LogP contribution in [0.5, 0.6) is 0 Å². The first-order valence-electron chi connectivity index (χ1n) is 5.59. The summed E-state index contributed by atoms with van der Waals surface area (Å²) in [6, 6.07) is 8.65. The Bertz CT molecular complexity index is 645. The fraction of sp³-hybridized carbons (Fsp3) is 0.0769. The van der Waals surface area contributed by atoms with Gasteiger partial charge in [0.15, 0.2) is 0 Å². The average molecular weight is 315 g/mol. The Labute approximate surface area is 124 Å². The summed E-state index contributed by atoms with van der Waals surface area (Å²) in [6.07, 6.45) is 0. The topological polar surface area (TPSA) is 55.2 Å². The van der Waals surface area contributed by atoms with Gasteiger partial charge in [0, 0.05) is 28.9 Å². The molecule has 0 bridgehead atoms. The third kappa shape index (κ3) is 3.18. The fourth-order valence-corrected chi connectivity index (χ4v) is 2.07. The first-order valence-corrected chi connectivity index (χ1v) is 6.35. The van der Waals surface area contributed by atoms with E-state index in [0.717, 1.165) is 0 Å². The van der Waals surface area contributed by atoms with E-state index in [1.54, 1.807) is 12.1 Å². The Morgan fingerprint density at radius 3 is 2.60 bits per heavy atom. The molecule has 2 rings (SSSR count). The molecular formula is C13H9Cl2FN2O2. The Morgan fingerprint density at radius 1 is 1.20 bits per heavy atom. The van der Waals surface area contributed by atoms with Gasteiger partial charge in [0.1, 0.15) is 10.8 Å². The van der Waals surface area contributed by atoms with Crippen molar-refractivity contribution in [3.8, 4) is 0 Å². The molecule has 0 radical (unpaired) electrons. The van der Waals surface area contributed by atoms with Gasteiger partial charge in [-0.25, -0.2) is 4.39 Å². The molecule has 0 heterocycles. The molecule has 0 aliphatic carbocycles. The maximum atomic E-state index is 13.6. The summed E-state index contributed by atoms with van der Waals surface area (Å²) in [4.78, 5) is 10.2. The summed E-state index contributed by atoms with van der Waals surface area (Å²) in [7, 11) is 0. The molecule has 0 unspecified atom stereocenters. The standard InChI is InChI=1S/C13H9Cl2FN2O2/c14-10-2-1-3-12(16)9(10)7-17-8-4-5-11(15)13(6-8)18(19)20/h1-6,17H,7H2. The molecule has 2 aromatic rings. The lowest BCUT2D eigenvalue weighted by Gasteiger charge is -2.09. The number of hydrogen-bond donors (Lipinski definition) is 1. The molecule has 0 atom stereocenters. The molecule has 0 aliphatic heterocycles. The molecule has 104 valence electrons. The molecule has 0 aliphatic rings. The Hall–Kier alpha value is -1.85. The minimum absolute atomic E-state index is 0.0458. The summed E-state index contributed by atoms with van der Waals surface area (Å²) in [5.41, 5.74) is 0.545. The highest BCUT2D eigenvalue weighted by Crippen LogP contribution is 2.28. The number of rotatable bonds is 4. The maximum absolute atomic E-state index is 13.6. The number of hydrogen-bond acceptors (Lipinski definition) is 3. The van der Waals surface area contributed by atoms with Gasteiger partial charge in [0.2, 0.25) is 0 Å². The number of nitrogens with one attached hydrogen (secondary N) is 1. The van der Waals surface area contributed by atoms with Crippen molar-refractivity contribution in [3.63, 3.8) is 0 Å². The van der Waals surface area contributed by atoms with Crippen LogP contribution in [0.2, 0.25) is 10.0 Å². The Balaban J connectivity index is 2.19. The molecule has 7 heteroatoms. The minimum Gasteiger partial charge on any atom is -0.381 e. The molecule has 20 heavy (non-hydrogen) atoms. The zero-order valence-corrected chi connectivity index (χ0v) is 11.6. The summed E-state index contributed by atoms with van der Waals surface area (Å²) in [5, 5.41) is 14.0. The monoisotopic (exact) mass is 314 g/mol. The third-order valence-corrected chi connectivity index (χ3v) is 3.35. The first kappa shape index (κ1) is 14.6. The quantitative estimate of drug-likeness (QED) is 0.660. The molecule has 0 spiro atoms. The van der Waals surface area contributed by atoms with Crippen molar-refractivity contribution in [1.82, 2.24) is 0 Å². The van der Waals surface area contributed by atoms with Crippen LogP contribution in [0.1, 0.15) is 5.56 Å². The van der Waals surface area contributed by atoms with Gasteiger partial charge in [-0.3, -0.25) is 10.1 Å². The van der Waals surface area contributed by atoms with E-state index >= 15 is 0 Å². The minimum atomic E-state index is -0.580. The van der Waals surface area contributed by atoms with Gasteiger partial charge < -0.3 is 5.32 Å². The molecule has 0 fully saturated rings. The summed E-state index contributed by atoms with van der Waals surface area (Å²) in [5.74, 6) is -0.437. The summed E-state index contributed by atoms with van der Waals surface area (Å²) < 4.78 is 13.6. The molecule has 2 aromatic carbocycles. The van der Waals surface area contributed by atoms with E-state index < -0.39 is 10.7 Å². The van der Waals surface area contributed by atoms with Gasteiger partial charge in [-0.05, 0) is 24.3 Å². The van der Waals surface area contributed by atoms with Crippen molar-refractivity contribution in [2.24, 2.45) is 0 Å². The van der Waals surface area contributed by atoms with E-state index in [-0.39, 0.29) is 17.3 Å². The number of halogens is 3. The molecule has 0 aromatic heterocycles. The van der Waals surface area contributed by atoms with Crippen LogP contribution in [0, 0.1) is 15.9 Å². The predicted molar refractivity (Wildman–Crippen MR) is 76.8 cm³/mol. The molecule has 0 saturated carbocycles. The second-order valence-electron chi connectivity index (χ2n) is 3.98. The number of nitro benzene ring substituents is 1. The molecule has 1 N–H and O–H groups in total. The van der Waals surface area contributed by atoms with Gasteiger partial charge in [-0.15, -0.1) is 0 Å². The molecule has 0 saturated heterocycles. The molecular weight excluding hydrogens is 306 g/mol. The van der Waals surface area contributed by atoms with Gasteiger partial charge >= 0.3 is 0 Å². The van der Waals surface area contributed by atoms with E-state index in [0.29, 0.717) is 16.3 Å². The number of nitrogens with zero attached hydrogens (tertiary/aromatic N) is 1. The number of nitro groups is 1. The highest BCUT2D eigenvalue weighted by Gasteiger charge is 2.13. The second kappa shape index (κ2) is 6.07. The van der Waals surface area contributed by atoms with Crippen molar-refractivity contribution in [2.45, 2.75) is 6.54 Å². The Kier molecular flexibility index (Phi) is 4.42. The lowest BCUT2D eigenvalue weighted by molar-refractivity contribution is -0.384. The van der Waals surface area contributed by atoms with Crippen LogP contribution in [0.3, 0.4) is 0 Å². The lowest BCUT2D eigenvalue weighted by atomic mass is 10.2. The average Bonchev–Trinajstić information content (AvgIpc) is 2.39. The predicted octanol–water partition coefficient (Wildman–Crippen LogP) is 4.65. The van der Waals surface area contributed by atoms with Crippen molar-refractivity contribution < 1.29 is 9.31 Å². The van der Waals surface area contributed by atoms with Crippen molar-refractivity contribution in [3.05, 3.63) is 67.9 Å². The summed E-state index contributed by atoms with van der Waals surface area (Å²) >= 11 is 11.6. The smallest absolute Gasteiger partial charge is 0.289 e. The second-order valence-corrected chi connectivity index (χ2v) is 4.79. The SMILES string of the molecule is O=[N+]([O-])c1cc(NCc2c(F)cccc2Cl)ccc1Cl. The van der Waals surface area contributed by atoms with Gasteiger partial charge in [0.05, 0.1) is 4.92 Å². The van der Waals surface area contributed by atoms with Gasteiger partial charge in [-0.1, -0.05) is 29.3 Å². The Morgan fingerprint density at radius 2 is 1.95 bits per heavy atom. The third-order valence-electron chi connectivity index (χ3n) is 2.67. The van der Waals surface area contributed by atoms with Crippen LogP contribution in [-0.2, 0) is 6.54 Å². The van der Waals surface area contributed by atoms with Crippen LogP contribution in [0.4, 0.5) is 15.8 Å². The van der Waals surface area contributed by atoms with Crippen molar-refractivity contribution in [1.29, 1.82) is 0 Å². The normalized spacial score (nSPS) is 10.3. The lowest BCUT2D eigenvalue weighted by Crippen LogP contribution is -2.03. The zero-order chi connectivity index (χ0) is 14.7. The fourth-order valence-electron chi connectivity index (χ4n) is 1.65. The van der Waals surface area contributed by atoms with Crippen molar-refractivity contribution >= 4 is 34.6 Å². The maximum Gasteiger partial charge on any atom is 0.289 e. The van der Waals surface area contributed by atoms with Gasteiger partial charge in [0.25, 0.3) is 5.69 Å². The largest absolute Gasteiger partial charge is 0.381 e. The zero-order valence-electron chi connectivity index (χ0n) is 10.1. The van der Waals surface area contributed by atoms with E-state index in [2.05, 4.69) is 5.32 Å². The van der Waals surface area contributed by atoms with Crippen LogP contribution in [-0.4, -0.2) is 4.92 Å². The van der Waals surface area contributed by atoms with E-state index in [1.807, 2.05) is 0 Å². The molecule has 4 nitrogen and oxygen atoms in total. The number of benzene rings is 2.